The molecule has 0 fully saturated rings. The van der Waals surface area contributed by atoms with Crippen molar-refractivity contribution in [1.29, 1.82) is 0 Å². The van der Waals surface area contributed by atoms with Gasteiger partial charge in [-0.2, -0.15) is 5.10 Å². The Morgan fingerprint density at radius 3 is 2.42 bits per heavy atom. The van der Waals surface area contributed by atoms with E-state index in [-0.39, 0.29) is 12.1 Å². The molecule has 2 amide bonds. The third-order valence-corrected chi connectivity index (χ3v) is 6.89. The number of carbonyl (C=O) groups excluding carboxylic acids is 1. The van der Waals surface area contributed by atoms with Crippen LogP contribution in [0.3, 0.4) is 0 Å². The van der Waals surface area contributed by atoms with Crippen molar-refractivity contribution < 1.29 is 9.53 Å². The summed E-state index contributed by atoms with van der Waals surface area (Å²) in [4.78, 5) is 16.0. The predicted molar refractivity (Wildman–Crippen MR) is 148 cm³/mol. The Bertz CT molecular complexity index is 1570. The zero-order valence-corrected chi connectivity index (χ0v) is 21.4. The monoisotopic (exact) mass is 503 g/mol. The Hall–Kier alpha value is -4.78. The lowest BCUT2D eigenvalue weighted by molar-refractivity contribution is 0.194. The number of ether oxygens (including phenoxy) is 1. The van der Waals surface area contributed by atoms with Gasteiger partial charge < -0.3 is 19.5 Å². The Kier molecular flexibility index (Phi) is 6.17. The molecule has 0 aliphatic carbocycles. The number of carbonyl (C=O) groups is 1. The van der Waals surface area contributed by atoms with Crippen LogP contribution in [-0.4, -0.2) is 31.9 Å². The van der Waals surface area contributed by atoms with E-state index in [0.29, 0.717) is 24.6 Å². The first-order valence-electron chi connectivity index (χ1n) is 12.8. The molecule has 7 nitrogen and oxygen atoms in total. The molecule has 1 N–H and O–H groups in total. The van der Waals surface area contributed by atoms with E-state index >= 15 is 0 Å². The van der Waals surface area contributed by atoms with Crippen molar-refractivity contribution in [2.75, 3.05) is 11.9 Å². The molecule has 6 rings (SSSR count). The number of benzene rings is 3. The average Bonchev–Trinajstić information content (AvgIpc) is 3.51. The third-order valence-electron chi connectivity index (χ3n) is 6.89. The number of aryl methyl sites for hydroxylation is 1. The Labute approximate surface area is 221 Å². The fourth-order valence-corrected chi connectivity index (χ4v) is 5.17. The number of anilines is 1. The number of nitrogens with zero attached hydrogens (tertiary/aromatic N) is 4. The molecule has 3 aromatic carbocycles. The number of fused-ring (bicyclic) bond motifs is 3. The number of nitrogens with one attached hydrogen (secondary N) is 1. The van der Waals surface area contributed by atoms with Crippen molar-refractivity contribution in [2.24, 2.45) is 0 Å². The van der Waals surface area contributed by atoms with Crippen LogP contribution in [0.15, 0.2) is 103 Å². The molecule has 0 spiro atoms. The summed E-state index contributed by atoms with van der Waals surface area (Å²) in [6.07, 6.45) is 2.05. The zero-order valence-electron chi connectivity index (χ0n) is 21.4. The number of amides is 2. The molecule has 1 aliphatic rings. The summed E-state index contributed by atoms with van der Waals surface area (Å²) in [5.74, 6) is 1.59. The summed E-state index contributed by atoms with van der Waals surface area (Å²) in [6, 6.07) is 31.4. The number of rotatable bonds is 5. The summed E-state index contributed by atoms with van der Waals surface area (Å²) in [5.41, 5.74) is 5.50. The maximum Gasteiger partial charge on any atom is 0.323 e. The van der Waals surface area contributed by atoms with Gasteiger partial charge in [0.1, 0.15) is 11.6 Å². The summed E-state index contributed by atoms with van der Waals surface area (Å²) >= 11 is 0. The van der Waals surface area contributed by atoms with Crippen molar-refractivity contribution in [1.82, 2.24) is 19.2 Å². The molecular formula is C31H29N5O2. The lowest BCUT2D eigenvalue weighted by atomic mass is 10.0. The maximum absolute atomic E-state index is 14.1. The molecule has 5 aromatic rings. The lowest BCUT2D eigenvalue weighted by Crippen LogP contribution is -2.38. The van der Waals surface area contributed by atoms with E-state index in [2.05, 4.69) is 34.3 Å². The Morgan fingerprint density at radius 1 is 0.947 bits per heavy atom. The highest BCUT2D eigenvalue weighted by molar-refractivity contribution is 5.91. The van der Waals surface area contributed by atoms with Crippen molar-refractivity contribution >= 4 is 11.7 Å². The molecule has 0 bridgehead atoms. The standard InChI is InChI=1S/C31H29N5O2/c1-3-38-28-19-11-10-17-26(28)32-31(37)35-21-25-22(2)33-36(24-15-8-5-9-16-24)30(25)34-20-12-18-27(34)29(35)23-13-6-4-7-14-23/h4-20,29H,3,21H2,1-2H3,(H,32,37). The predicted octanol–water partition coefficient (Wildman–Crippen LogP) is 6.51. The third kappa shape index (κ3) is 4.12. The van der Waals surface area contributed by atoms with E-state index in [0.717, 1.165) is 34.0 Å². The van der Waals surface area contributed by atoms with Gasteiger partial charge in [-0.25, -0.2) is 9.48 Å². The van der Waals surface area contributed by atoms with Gasteiger partial charge in [-0.3, -0.25) is 0 Å². The topological polar surface area (TPSA) is 64.3 Å². The summed E-state index contributed by atoms with van der Waals surface area (Å²) in [7, 11) is 0. The van der Waals surface area contributed by atoms with Crippen LogP contribution >= 0.6 is 0 Å². The molecule has 7 heteroatoms. The van der Waals surface area contributed by atoms with E-state index in [1.165, 1.54) is 0 Å². The van der Waals surface area contributed by atoms with Crippen LogP contribution in [0.4, 0.5) is 10.5 Å². The van der Waals surface area contributed by atoms with Crippen molar-refractivity contribution in [3.63, 3.8) is 0 Å². The Morgan fingerprint density at radius 2 is 1.66 bits per heavy atom. The van der Waals surface area contributed by atoms with E-state index in [9.17, 15) is 4.79 Å². The fraction of sp³-hybridized carbons (Fsp3) is 0.161. The fourth-order valence-electron chi connectivity index (χ4n) is 5.17. The van der Waals surface area contributed by atoms with Gasteiger partial charge in [-0.1, -0.05) is 60.7 Å². The van der Waals surface area contributed by atoms with Crippen LogP contribution in [0.2, 0.25) is 0 Å². The van der Waals surface area contributed by atoms with Gasteiger partial charge in [0, 0.05) is 11.8 Å². The smallest absolute Gasteiger partial charge is 0.323 e. The molecule has 38 heavy (non-hydrogen) atoms. The average molecular weight is 504 g/mol. The van der Waals surface area contributed by atoms with Gasteiger partial charge in [-0.15, -0.1) is 0 Å². The molecule has 0 saturated heterocycles. The second-order valence-corrected chi connectivity index (χ2v) is 9.24. The minimum absolute atomic E-state index is 0.210. The minimum Gasteiger partial charge on any atom is -0.492 e. The van der Waals surface area contributed by atoms with E-state index in [1.54, 1.807) is 0 Å². The van der Waals surface area contributed by atoms with Crippen LogP contribution in [-0.2, 0) is 6.54 Å². The number of hydrogen-bond acceptors (Lipinski definition) is 3. The SMILES string of the molecule is CCOc1ccccc1NC(=O)N1Cc2c(C)nn(-c3ccccc3)c2-n2cccc2C1c1ccccc1. The van der Waals surface area contributed by atoms with E-state index in [4.69, 9.17) is 9.84 Å². The van der Waals surface area contributed by atoms with Crippen LogP contribution in [0, 0.1) is 6.92 Å². The highest BCUT2D eigenvalue weighted by Crippen LogP contribution is 2.39. The van der Waals surface area contributed by atoms with Gasteiger partial charge in [0.15, 0.2) is 0 Å². The van der Waals surface area contributed by atoms with Crippen molar-refractivity contribution in [3.05, 3.63) is 126 Å². The lowest BCUT2D eigenvalue weighted by Gasteiger charge is -2.31. The molecule has 0 saturated carbocycles. The van der Waals surface area contributed by atoms with E-state index in [1.807, 2.05) is 102 Å². The van der Waals surface area contributed by atoms with E-state index < -0.39 is 0 Å². The first kappa shape index (κ1) is 23.6. The van der Waals surface area contributed by atoms with Crippen LogP contribution in [0.5, 0.6) is 5.75 Å². The molecule has 1 atom stereocenters. The first-order chi connectivity index (χ1) is 18.7. The van der Waals surface area contributed by atoms with Crippen molar-refractivity contribution in [3.8, 4) is 17.3 Å². The maximum atomic E-state index is 14.1. The van der Waals surface area contributed by atoms with Crippen LogP contribution in [0.25, 0.3) is 11.5 Å². The largest absolute Gasteiger partial charge is 0.492 e. The van der Waals surface area contributed by atoms with Crippen LogP contribution in [0.1, 0.15) is 35.5 Å². The number of aromatic nitrogens is 3. The first-order valence-corrected chi connectivity index (χ1v) is 12.8. The molecule has 190 valence electrons. The second-order valence-electron chi connectivity index (χ2n) is 9.24. The highest BCUT2D eigenvalue weighted by atomic mass is 16.5. The quantitative estimate of drug-likeness (QED) is 0.297. The van der Waals surface area contributed by atoms with Gasteiger partial charge >= 0.3 is 6.03 Å². The molecule has 2 aromatic heterocycles. The molecule has 1 aliphatic heterocycles. The molecule has 1 unspecified atom stereocenters. The second kappa shape index (κ2) is 9.94. The molecular weight excluding hydrogens is 474 g/mol. The van der Waals surface area contributed by atoms with Crippen LogP contribution < -0.4 is 10.1 Å². The summed E-state index contributed by atoms with van der Waals surface area (Å²) in [6.45, 7) is 4.84. The number of urea groups is 1. The molecule has 0 radical (unpaired) electrons. The summed E-state index contributed by atoms with van der Waals surface area (Å²) < 4.78 is 9.92. The van der Waals surface area contributed by atoms with Gasteiger partial charge in [0.05, 0.1) is 42.0 Å². The molecule has 3 heterocycles. The normalized spacial score (nSPS) is 14.4. The van der Waals surface area contributed by atoms with Gasteiger partial charge in [0.25, 0.3) is 0 Å². The number of para-hydroxylation sites is 3. The zero-order chi connectivity index (χ0) is 26.1. The number of hydrogen-bond donors (Lipinski definition) is 1. The van der Waals surface area contributed by atoms with Crippen molar-refractivity contribution in [2.45, 2.75) is 26.4 Å². The minimum atomic E-state index is -0.318. The Balaban J connectivity index is 1.51. The summed E-state index contributed by atoms with van der Waals surface area (Å²) in [5, 5.41) is 8.04. The van der Waals surface area contributed by atoms with Gasteiger partial charge in [-0.05, 0) is 55.8 Å². The van der Waals surface area contributed by atoms with Gasteiger partial charge in [0.2, 0.25) is 0 Å². The highest BCUT2D eigenvalue weighted by Gasteiger charge is 2.36.